The van der Waals surface area contributed by atoms with E-state index in [1.54, 1.807) is 12.4 Å². The zero-order valence-electron chi connectivity index (χ0n) is 42.0. The van der Waals surface area contributed by atoms with Gasteiger partial charge in [-0.2, -0.15) is 0 Å². The number of unbranched alkanes of at least 4 members (excludes halogenated alkanes) is 17. The van der Waals surface area contributed by atoms with E-state index in [4.69, 9.17) is 28.2 Å². The van der Waals surface area contributed by atoms with Crippen molar-refractivity contribution in [2.45, 2.75) is 227 Å². The van der Waals surface area contributed by atoms with Crippen LogP contribution in [0.5, 0.6) is 0 Å². The average Bonchev–Trinajstić information content (AvgIpc) is 4.03. The van der Waals surface area contributed by atoms with Crippen molar-refractivity contribution in [3.8, 4) is 12.3 Å². The van der Waals surface area contributed by atoms with Crippen molar-refractivity contribution >= 4 is 29.7 Å². The molecule has 0 bridgehead atoms. The molecule has 0 saturated carbocycles. The summed E-state index contributed by atoms with van der Waals surface area (Å²) in [6, 6.07) is 0. The highest BCUT2D eigenvalue weighted by atomic mass is 16.6. The third-order valence-corrected chi connectivity index (χ3v) is 10.7. The number of azide groups is 1. The lowest BCUT2D eigenvalue weighted by Gasteiger charge is -2.19. The fourth-order valence-corrected chi connectivity index (χ4v) is 7.06. The van der Waals surface area contributed by atoms with E-state index >= 15 is 0 Å². The van der Waals surface area contributed by atoms with Crippen LogP contribution in [0.4, 0.5) is 16.7 Å². The van der Waals surface area contributed by atoms with Crippen molar-refractivity contribution in [1.82, 2.24) is 39.8 Å². The number of aryl methyl sites for hydroxylation is 4. The number of ketones is 1. The number of nitrogens with zero attached hydrogens (tertiary/aromatic N) is 9. The molecule has 376 valence electrons. The predicted molar refractivity (Wildman–Crippen MR) is 270 cm³/mol. The first kappa shape index (κ1) is 59.7. The highest BCUT2D eigenvalue weighted by Gasteiger charge is 2.20. The number of nitrogen functional groups attached to an aromatic ring is 2. The highest BCUT2D eigenvalue weighted by Crippen LogP contribution is 2.15. The Morgan fingerprint density at radius 2 is 1.39 bits per heavy atom. The molecule has 6 N–H and O–H groups in total. The number of hydrogen-bond acceptors (Lipinski definition) is 11. The second-order valence-electron chi connectivity index (χ2n) is 18.2. The van der Waals surface area contributed by atoms with Crippen LogP contribution in [0.25, 0.3) is 10.4 Å². The number of ether oxygens (including phenoxy) is 1. The minimum atomic E-state index is -0.552. The first-order valence-electron chi connectivity index (χ1n) is 25.3. The average molecular weight is 934 g/mol. The number of nitrogens with two attached hydrogens (primary N) is 2. The second-order valence-corrected chi connectivity index (χ2v) is 18.2. The largest absolute Gasteiger partial charge is 0.443 e. The smallest absolute Gasteiger partial charge is 0.421 e. The molecule has 1 amide bonds. The normalized spacial score (nSPS) is 10.8. The number of terminal acetylenes is 1. The number of anilines is 2. The van der Waals surface area contributed by atoms with Gasteiger partial charge in [0, 0.05) is 68.3 Å². The Balaban J connectivity index is 0.000000530. The topological polar surface area (TPSA) is 250 Å². The molecule has 3 rings (SSSR count). The molecule has 0 atom stereocenters. The van der Waals surface area contributed by atoms with Gasteiger partial charge in [-0.25, -0.2) is 19.3 Å². The summed E-state index contributed by atoms with van der Waals surface area (Å²) in [7, 11) is 0. The van der Waals surface area contributed by atoms with Gasteiger partial charge in [0.15, 0.2) is 5.95 Å². The molecule has 0 saturated heterocycles. The molecule has 3 aromatic rings. The van der Waals surface area contributed by atoms with E-state index in [2.05, 4.69) is 60.4 Å². The maximum absolute atomic E-state index is 12.0. The number of amides is 1. The lowest BCUT2D eigenvalue weighted by Crippen LogP contribution is -2.27. The van der Waals surface area contributed by atoms with Gasteiger partial charge >= 0.3 is 6.09 Å². The van der Waals surface area contributed by atoms with Crippen molar-refractivity contribution in [3.63, 3.8) is 0 Å². The molecular formula is C50H87N13O4. The Kier molecular flexibility index (Phi) is 34.5. The van der Waals surface area contributed by atoms with Crippen molar-refractivity contribution in [2.24, 2.45) is 5.11 Å². The summed E-state index contributed by atoms with van der Waals surface area (Å²) in [4.78, 5) is 49.1. The number of H-pyrrole nitrogens is 1. The maximum atomic E-state index is 12.0. The van der Waals surface area contributed by atoms with Crippen LogP contribution in [-0.2, 0) is 40.1 Å². The fraction of sp³-hybridized carbons (Fsp3) is 0.740. The van der Waals surface area contributed by atoms with Crippen molar-refractivity contribution < 1.29 is 19.1 Å². The van der Waals surface area contributed by atoms with E-state index in [0.717, 1.165) is 120 Å². The molecule has 17 heteroatoms. The van der Waals surface area contributed by atoms with Gasteiger partial charge in [0.05, 0.1) is 17.6 Å². The Hall–Kier alpha value is -5.36. The van der Waals surface area contributed by atoms with E-state index in [9.17, 15) is 14.4 Å². The lowest BCUT2D eigenvalue weighted by atomic mass is 10.1. The predicted octanol–water partition coefficient (Wildman–Crippen LogP) is 11.6. The fourth-order valence-electron chi connectivity index (χ4n) is 7.06. The van der Waals surface area contributed by atoms with Gasteiger partial charge in [0.1, 0.15) is 11.4 Å². The molecule has 3 aromatic heterocycles. The van der Waals surface area contributed by atoms with E-state index in [1.807, 2.05) is 31.6 Å². The maximum Gasteiger partial charge on any atom is 0.421 e. The van der Waals surface area contributed by atoms with Gasteiger partial charge in [-0.05, 0) is 90.5 Å². The van der Waals surface area contributed by atoms with Crippen molar-refractivity contribution in [3.05, 3.63) is 46.1 Å². The van der Waals surface area contributed by atoms with Gasteiger partial charge in [-0.3, -0.25) is 14.3 Å². The molecule has 0 radical (unpaired) electrons. The number of nitrogens with one attached hydrogen (secondary N) is 2. The molecule has 0 spiro atoms. The zero-order valence-corrected chi connectivity index (χ0v) is 42.0. The summed E-state index contributed by atoms with van der Waals surface area (Å²) in [5, 5.41) is 14.5. The lowest BCUT2D eigenvalue weighted by molar-refractivity contribution is -0.121. The van der Waals surface area contributed by atoms with Gasteiger partial charge in [0.25, 0.3) is 0 Å². The SMILES string of the molecule is C#CCCCCCc1cn(C(=O)OC(C)(C)C)c(N)n1.CCCCCCCCCC(=O)CCCn1cc(CCCCCc2cnc(N)[nH]2)nn1.CCCCCCCCCC(=O)NCCN=[N+]=[N-]. The standard InChI is InChI=1S/C23H40N6O.C15H23N3O2.C12H24N4O/c1-2-3-4-5-6-7-11-15-22(30)16-12-17-29-19-21(27-28-29)14-10-8-9-13-20-18-25-23(24)26-20;1-5-6-7-8-9-10-12-11-18(13(16)17-12)14(19)20-15(2,3)4;1-2-3-4-5-6-7-8-9-12(17)14-10-11-15-16-13/h18-19H,2-17H2,1H3,(H3,24,25,26);1,11H,6-10H2,2-4H3,(H2,16,17);2-11H2,1H3,(H,14,17). The molecule has 3 heterocycles. The Morgan fingerprint density at radius 3 is 2.00 bits per heavy atom. The van der Waals surface area contributed by atoms with Crippen LogP contribution in [0, 0.1) is 12.3 Å². The highest BCUT2D eigenvalue weighted by molar-refractivity contribution is 5.78. The van der Waals surface area contributed by atoms with Crippen LogP contribution >= 0.6 is 0 Å². The first-order chi connectivity index (χ1) is 32.3. The van der Waals surface area contributed by atoms with Crippen molar-refractivity contribution in [2.75, 3.05) is 24.6 Å². The molecule has 0 aliphatic carbocycles. The summed E-state index contributed by atoms with van der Waals surface area (Å²) >= 11 is 0. The quantitative estimate of drug-likeness (QED) is 0.0145. The minimum Gasteiger partial charge on any atom is -0.443 e. The summed E-state index contributed by atoms with van der Waals surface area (Å²) in [5.41, 5.74) is 21.7. The van der Waals surface area contributed by atoms with E-state index < -0.39 is 11.7 Å². The van der Waals surface area contributed by atoms with Gasteiger partial charge in [0.2, 0.25) is 11.9 Å². The summed E-state index contributed by atoms with van der Waals surface area (Å²) in [6.45, 7) is 11.4. The van der Waals surface area contributed by atoms with E-state index in [-0.39, 0.29) is 11.9 Å². The number of imidazole rings is 2. The Labute approximate surface area is 402 Å². The summed E-state index contributed by atoms with van der Waals surface area (Å²) < 4.78 is 8.39. The monoisotopic (exact) mass is 934 g/mol. The third kappa shape index (κ3) is 33.7. The zero-order chi connectivity index (χ0) is 49.4. The summed E-state index contributed by atoms with van der Waals surface area (Å²) in [6.07, 6.45) is 40.2. The van der Waals surface area contributed by atoms with Crippen LogP contribution in [0.1, 0.15) is 212 Å². The van der Waals surface area contributed by atoms with Crippen LogP contribution in [0.15, 0.2) is 23.7 Å². The third-order valence-electron chi connectivity index (χ3n) is 10.7. The molecular weight excluding hydrogens is 847 g/mol. The summed E-state index contributed by atoms with van der Waals surface area (Å²) in [5.74, 6) is 3.72. The minimum absolute atomic E-state index is 0.0618. The number of rotatable bonds is 34. The van der Waals surface area contributed by atoms with Gasteiger partial charge < -0.3 is 26.5 Å². The number of hydrogen-bond donors (Lipinski definition) is 4. The molecule has 0 unspecified atom stereocenters. The Bertz CT molecular complexity index is 1830. The van der Waals surface area contributed by atoms with E-state index in [1.165, 1.54) is 75.2 Å². The molecule has 0 aliphatic rings. The number of aromatic nitrogens is 7. The number of carbonyl (C=O) groups is 3. The Morgan fingerprint density at radius 1 is 0.806 bits per heavy atom. The number of aromatic amines is 1. The molecule has 0 fully saturated rings. The molecule has 0 aliphatic heterocycles. The first-order valence-corrected chi connectivity index (χ1v) is 25.3. The van der Waals surface area contributed by atoms with Crippen molar-refractivity contribution in [1.29, 1.82) is 0 Å². The van der Waals surface area contributed by atoms with Crippen LogP contribution in [-0.4, -0.2) is 71.0 Å². The second kappa shape index (κ2) is 38.7. The van der Waals surface area contributed by atoms with Crippen LogP contribution in [0.2, 0.25) is 0 Å². The molecule has 0 aromatic carbocycles. The van der Waals surface area contributed by atoms with Gasteiger partial charge in [-0.15, -0.1) is 17.4 Å². The van der Waals surface area contributed by atoms with Crippen LogP contribution < -0.4 is 16.8 Å². The number of carbonyl (C=O) groups excluding carboxylic acids is 3. The van der Waals surface area contributed by atoms with Gasteiger partial charge in [-0.1, -0.05) is 114 Å². The molecule has 17 nitrogen and oxygen atoms in total. The molecule has 67 heavy (non-hydrogen) atoms. The van der Waals surface area contributed by atoms with Crippen LogP contribution in [0.3, 0.4) is 0 Å². The van der Waals surface area contributed by atoms with E-state index in [0.29, 0.717) is 37.7 Å². The number of Topliss-reactive ketones (excluding diaryl/α,β-unsaturated/α-hetero) is 1.